The number of carbonyl (C=O) groups excluding carboxylic acids is 1. The number of hydrogen-bond acceptors (Lipinski definition) is 7. The first-order valence-electron chi connectivity index (χ1n) is 9.88. The maximum absolute atomic E-state index is 12.7. The molecule has 1 aromatic rings. The summed E-state index contributed by atoms with van der Waals surface area (Å²) in [5.41, 5.74) is -0.551. The molecule has 1 aliphatic carbocycles. The van der Waals surface area contributed by atoms with Crippen LogP contribution in [0.2, 0.25) is 0 Å². The fraction of sp³-hybridized carbons (Fsp3) is 0.842. The standard InChI is InChI=1S/C19H31N3O5/c1-6-24-12(2)25-15(16-20-17(27-21-16)13-9-10-13)14-8-7-11-22(14)18(23)26-19(3,4)5/h12-15H,6-11H2,1-5H3/t12?,14-,15?/m0/s1. The summed E-state index contributed by atoms with van der Waals surface area (Å²) in [4.78, 5) is 19.0. The van der Waals surface area contributed by atoms with Gasteiger partial charge < -0.3 is 23.6 Å². The molecule has 8 heteroatoms. The quantitative estimate of drug-likeness (QED) is 0.664. The molecule has 8 nitrogen and oxygen atoms in total. The third-order valence-corrected chi connectivity index (χ3v) is 4.65. The van der Waals surface area contributed by atoms with Gasteiger partial charge in [0.25, 0.3) is 0 Å². The number of hydrogen-bond donors (Lipinski definition) is 0. The van der Waals surface area contributed by atoms with Gasteiger partial charge in [-0.15, -0.1) is 0 Å². The van der Waals surface area contributed by atoms with Crippen molar-refractivity contribution in [2.75, 3.05) is 13.2 Å². The highest BCUT2D eigenvalue weighted by Crippen LogP contribution is 2.40. The van der Waals surface area contributed by atoms with E-state index >= 15 is 0 Å². The number of carbonyl (C=O) groups is 1. The van der Waals surface area contributed by atoms with Gasteiger partial charge in [0.2, 0.25) is 11.7 Å². The summed E-state index contributed by atoms with van der Waals surface area (Å²) in [5.74, 6) is 1.50. The minimum absolute atomic E-state index is 0.215. The van der Waals surface area contributed by atoms with Gasteiger partial charge in [-0.1, -0.05) is 5.16 Å². The lowest BCUT2D eigenvalue weighted by Crippen LogP contribution is -2.44. The lowest BCUT2D eigenvalue weighted by atomic mass is 10.1. The Morgan fingerprint density at radius 3 is 2.70 bits per heavy atom. The predicted molar refractivity (Wildman–Crippen MR) is 97.1 cm³/mol. The SMILES string of the molecule is CCOC(C)OC(c1noc(C2CC2)n1)[C@@H]1CCCN1C(=O)OC(C)(C)C. The van der Waals surface area contributed by atoms with Crippen molar-refractivity contribution in [2.24, 2.45) is 0 Å². The molecule has 2 fully saturated rings. The van der Waals surface area contributed by atoms with Gasteiger partial charge in [-0.05, 0) is 60.3 Å². The van der Waals surface area contributed by atoms with Gasteiger partial charge in [0, 0.05) is 19.1 Å². The normalized spacial score (nSPS) is 22.7. The summed E-state index contributed by atoms with van der Waals surface area (Å²) in [7, 11) is 0. The van der Waals surface area contributed by atoms with Gasteiger partial charge in [-0.2, -0.15) is 4.98 Å². The van der Waals surface area contributed by atoms with Crippen molar-refractivity contribution in [2.45, 2.75) is 90.3 Å². The van der Waals surface area contributed by atoms with Crippen LogP contribution in [0.5, 0.6) is 0 Å². The van der Waals surface area contributed by atoms with Gasteiger partial charge in [0.15, 0.2) is 6.29 Å². The van der Waals surface area contributed by atoms with Crippen molar-refractivity contribution in [1.29, 1.82) is 0 Å². The Kier molecular flexibility index (Phi) is 6.05. The first-order chi connectivity index (χ1) is 12.8. The van der Waals surface area contributed by atoms with Gasteiger partial charge in [0.05, 0.1) is 6.04 Å². The maximum atomic E-state index is 12.7. The van der Waals surface area contributed by atoms with Crippen LogP contribution in [-0.2, 0) is 14.2 Å². The first-order valence-corrected chi connectivity index (χ1v) is 9.88. The number of aromatic nitrogens is 2. The Hall–Kier alpha value is -1.67. The number of nitrogens with zero attached hydrogens (tertiary/aromatic N) is 3. The molecule has 1 aromatic heterocycles. The fourth-order valence-corrected chi connectivity index (χ4v) is 3.32. The zero-order valence-corrected chi connectivity index (χ0v) is 16.9. The second-order valence-corrected chi connectivity index (χ2v) is 8.23. The summed E-state index contributed by atoms with van der Waals surface area (Å²) in [6, 6.07) is -0.215. The van der Waals surface area contributed by atoms with E-state index < -0.39 is 18.0 Å². The topological polar surface area (TPSA) is 86.9 Å². The number of likely N-dealkylation sites (tertiary alicyclic amines) is 1. The van der Waals surface area contributed by atoms with Crippen molar-refractivity contribution in [3.63, 3.8) is 0 Å². The molecule has 1 saturated heterocycles. The molecule has 0 spiro atoms. The van der Waals surface area contributed by atoms with E-state index in [1.54, 1.807) is 4.90 Å². The Balaban J connectivity index is 1.80. The van der Waals surface area contributed by atoms with E-state index in [-0.39, 0.29) is 12.1 Å². The second-order valence-electron chi connectivity index (χ2n) is 8.23. The lowest BCUT2D eigenvalue weighted by Gasteiger charge is -2.32. The molecular formula is C19H31N3O5. The van der Waals surface area contributed by atoms with Crippen molar-refractivity contribution in [3.8, 4) is 0 Å². The minimum atomic E-state index is -0.551. The molecule has 1 saturated carbocycles. The van der Waals surface area contributed by atoms with Crippen molar-refractivity contribution < 1.29 is 23.5 Å². The number of amides is 1. The number of ether oxygens (including phenoxy) is 3. The van der Waals surface area contributed by atoms with E-state index in [0.717, 1.165) is 25.7 Å². The van der Waals surface area contributed by atoms with E-state index in [0.29, 0.717) is 30.8 Å². The average Bonchev–Trinajstić information content (AvgIpc) is 3.11. The molecule has 1 aliphatic heterocycles. The smallest absolute Gasteiger partial charge is 0.410 e. The zero-order chi connectivity index (χ0) is 19.6. The number of rotatable bonds is 7. The van der Waals surface area contributed by atoms with E-state index in [2.05, 4.69) is 10.1 Å². The molecule has 0 bridgehead atoms. The molecule has 27 heavy (non-hydrogen) atoms. The van der Waals surface area contributed by atoms with Crippen LogP contribution >= 0.6 is 0 Å². The molecule has 1 amide bonds. The summed E-state index contributed by atoms with van der Waals surface area (Å²) < 4.78 is 22.7. The Labute approximate surface area is 160 Å². The average molecular weight is 381 g/mol. The molecule has 0 N–H and O–H groups in total. The van der Waals surface area contributed by atoms with Crippen LogP contribution in [0.25, 0.3) is 0 Å². The third kappa shape index (κ3) is 5.19. The molecule has 3 rings (SSSR count). The highest BCUT2D eigenvalue weighted by atomic mass is 16.7. The first kappa shape index (κ1) is 20.1. The summed E-state index contributed by atoms with van der Waals surface area (Å²) in [6.07, 6.45) is 2.53. The van der Waals surface area contributed by atoms with Crippen LogP contribution in [0.4, 0.5) is 4.79 Å². The minimum Gasteiger partial charge on any atom is -0.444 e. The van der Waals surface area contributed by atoms with Gasteiger partial charge >= 0.3 is 6.09 Å². The summed E-state index contributed by atoms with van der Waals surface area (Å²) in [6.45, 7) is 10.5. The van der Waals surface area contributed by atoms with Gasteiger partial charge in [0.1, 0.15) is 11.7 Å². The van der Waals surface area contributed by atoms with Gasteiger partial charge in [-0.25, -0.2) is 4.79 Å². The molecule has 2 aliphatic rings. The second kappa shape index (κ2) is 8.14. The molecule has 2 unspecified atom stereocenters. The van der Waals surface area contributed by atoms with E-state index in [4.69, 9.17) is 18.7 Å². The van der Waals surface area contributed by atoms with Crippen molar-refractivity contribution in [1.82, 2.24) is 15.0 Å². The van der Waals surface area contributed by atoms with Gasteiger partial charge in [-0.3, -0.25) is 0 Å². The van der Waals surface area contributed by atoms with E-state index in [1.165, 1.54) is 0 Å². The third-order valence-electron chi connectivity index (χ3n) is 4.65. The lowest BCUT2D eigenvalue weighted by molar-refractivity contribution is -0.174. The van der Waals surface area contributed by atoms with E-state index in [9.17, 15) is 4.79 Å². The van der Waals surface area contributed by atoms with Crippen LogP contribution in [0, 0.1) is 0 Å². The van der Waals surface area contributed by atoms with Crippen LogP contribution in [0.1, 0.15) is 84.0 Å². The largest absolute Gasteiger partial charge is 0.444 e. The molecule has 0 radical (unpaired) electrons. The predicted octanol–water partition coefficient (Wildman–Crippen LogP) is 3.79. The molecular weight excluding hydrogens is 350 g/mol. The molecule has 2 heterocycles. The fourth-order valence-electron chi connectivity index (χ4n) is 3.32. The summed E-state index contributed by atoms with van der Waals surface area (Å²) in [5, 5.41) is 4.16. The van der Waals surface area contributed by atoms with Crippen molar-refractivity contribution in [3.05, 3.63) is 11.7 Å². The van der Waals surface area contributed by atoms with Crippen LogP contribution in [0.3, 0.4) is 0 Å². The van der Waals surface area contributed by atoms with E-state index in [1.807, 2.05) is 34.6 Å². The monoisotopic (exact) mass is 381 g/mol. The van der Waals surface area contributed by atoms with Crippen LogP contribution in [0.15, 0.2) is 4.52 Å². The maximum Gasteiger partial charge on any atom is 0.410 e. The zero-order valence-electron chi connectivity index (χ0n) is 16.9. The molecule has 152 valence electrons. The highest BCUT2D eigenvalue weighted by Gasteiger charge is 2.42. The summed E-state index contributed by atoms with van der Waals surface area (Å²) >= 11 is 0. The van der Waals surface area contributed by atoms with Crippen molar-refractivity contribution >= 4 is 6.09 Å². The van der Waals surface area contributed by atoms with Crippen LogP contribution < -0.4 is 0 Å². The Bertz CT molecular complexity index is 638. The molecule has 0 aromatic carbocycles. The van der Waals surface area contributed by atoms with Crippen LogP contribution in [-0.4, -0.2) is 52.2 Å². The Morgan fingerprint density at radius 2 is 2.07 bits per heavy atom. The highest BCUT2D eigenvalue weighted by molar-refractivity contribution is 5.69. The molecule has 3 atom stereocenters. The Morgan fingerprint density at radius 1 is 1.33 bits per heavy atom.